The fourth-order valence-corrected chi connectivity index (χ4v) is 3.59. The lowest BCUT2D eigenvalue weighted by Gasteiger charge is -2.24. The van der Waals surface area contributed by atoms with Gasteiger partial charge in [-0.15, -0.1) is 0 Å². The van der Waals surface area contributed by atoms with Gasteiger partial charge >= 0.3 is 5.97 Å². The molecule has 0 aliphatic heterocycles. The zero-order valence-electron chi connectivity index (χ0n) is 19.7. The number of carboxylic acid groups (broad SMARTS) is 1. The molecule has 6 N–H and O–H groups in total. The molecule has 4 atom stereocenters. The predicted octanol–water partition coefficient (Wildman–Crippen LogP) is 0.915. The summed E-state index contributed by atoms with van der Waals surface area (Å²) >= 11 is 1.47. The van der Waals surface area contributed by atoms with Crippen LogP contribution in [0.1, 0.15) is 39.2 Å². The minimum atomic E-state index is -1.13. The highest BCUT2D eigenvalue weighted by Gasteiger charge is 2.28. The lowest BCUT2D eigenvalue weighted by atomic mass is 10.0. The van der Waals surface area contributed by atoms with E-state index in [1.165, 1.54) is 18.7 Å². The highest BCUT2D eigenvalue weighted by atomic mass is 32.2. The van der Waals surface area contributed by atoms with Crippen LogP contribution in [-0.4, -0.2) is 65.0 Å². The molecule has 4 unspecified atom stereocenters. The second kappa shape index (κ2) is 14.5. The van der Waals surface area contributed by atoms with Gasteiger partial charge in [0.25, 0.3) is 0 Å². The number of carbonyl (C=O) groups excluding carboxylic acids is 3. The highest BCUT2D eigenvalue weighted by molar-refractivity contribution is 7.98. The van der Waals surface area contributed by atoms with Crippen LogP contribution in [0.4, 0.5) is 0 Å². The van der Waals surface area contributed by atoms with Crippen LogP contribution in [0.2, 0.25) is 0 Å². The smallest absolute Gasteiger partial charge is 0.326 e. The summed E-state index contributed by atoms with van der Waals surface area (Å²) in [5, 5.41) is 17.0. The van der Waals surface area contributed by atoms with Crippen LogP contribution in [0.25, 0.3) is 0 Å². The highest BCUT2D eigenvalue weighted by Crippen LogP contribution is 2.07. The zero-order valence-corrected chi connectivity index (χ0v) is 20.5. The standard InChI is InChI=1S/C23H36N4O5S/c1-14(2)12-17(24)21(29)27-19(13-16-8-6-5-7-9-16)22(30)25-15(3)20(28)26-18(23(31)32)10-11-33-4/h5-9,14-15,17-19H,10-13,24H2,1-4H3,(H,25,30)(H,26,28)(H,27,29)(H,31,32). The third kappa shape index (κ3) is 10.7. The van der Waals surface area contributed by atoms with Crippen molar-refractivity contribution in [2.45, 2.75) is 64.2 Å². The van der Waals surface area contributed by atoms with Gasteiger partial charge in [-0.3, -0.25) is 14.4 Å². The number of nitrogens with two attached hydrogens (primary N) is 1. The minimum absolute atomic E-state index is 0.212. The van der Waals surface area contributed by atoms with Gasteiger partial charge in [0.05, 0.1) is 6.04 Å². The Kier molecular flexibility index (Phi) is 12.5. The summed E-state index contributed by atoms with van der Waals surface area (Å²) in [6, 6.07) is 5.43. The summed E-state index contributed by atoms with van der Waals surface area (Å²) in [5.74, 6) is -1.96. The van der Waals surface area contributed by atoms with Crippen molar-refractivity contribution >= 4 is 35.5 Å². The Morgan fingerprint density at radius 1 is 0.939 bits per heavy atom. The molecule has 0 heterocycles. The molecule has 33 heavy (non-hydrogen) atoms. The number of hydrogen-bond donors (Lipinski definition) is 5. The first-order valence-electron chi connectivity index (χ1n) is 11.0. The first kappa shape index (κ1) is 28.4. The molecule has 1 aromatic rings. The van der Waals surface area contributed by atoms with E-state index in [1.807, 2.05) is 50.4 Å². The van der Waals surface area contributed by atoms with Gasteiger partial charge in [-0.25, -0.2) is 4.79 Å². The molecule has 0 fully saturated rings. The summed E-state index contributed by atoms with van der Waals surface area (Å²) < 4.78 is 0. The summed E-state index contributed by atoms with van der Waals surface area (Å²) in [6.45, 7) is 5.36. The monoisotopic (exact) mass is 480 g/mol. The topological polar surface area (TPSA) is 151 Å². The molecule has 0 radical (unpaired) electrons. The molecule has 184 valence electrons. The Labute approximate surface area is 199 Å². The molecule has 1 rings (SSSR count). The number of thioether (sulfide) groups is 1. The quantitative estimate of drug-likeness (QED) is 0.266. The molecular weight excluding hydrogens is 444 g/mol. The second-order valence-corrected chi connectivity index (χ2v) is 9.38. The largest absolute Gasteiger partial charge is 0.480 e. The molecule has 0 aromatic heterocycles. The van der Waals surface area contributed by atoms with Gasteiger partial charge in [0.15, 0.2) is 0 Å². The fourth-order valence-electron chi connectivity index (χ4n) is 3.12. The van der Waals surface area contributed by atoms with E-state index in [1.54, 1.807) is 0 Å². The van der Waals surface area contributed by atoms with Crippen molar-refractivity contribution in [3.8, 4) is 0 Å². The number of amides is 3. The van der Waals surface area contributed by atoms with Gasteiger partial charge < -0.3 is 26.8 Å². The van der Waals surface area contributed by atoms with E-state index in [9.17, 15) is 24.3 Å². The van der Waals surface area contributed by atoms with Crippen molar-refractivity contribution in [3.63, 3.8) is 0 Å². The number of aliphatic carboxylic acids is 1. The third-order valence-electron chi connectivity index (χ3n) is 4.96. The van der Waals surface area contributed by atoms with E-state index in [4.69, 9.17) is 5.73 Å². The lowest BCUT2D eigenvalue weighted by Crippen LogP contribution is -2.57. The zero-order chi connectivity index (χ0) is 25.0. The van der Waals surface area contributed by atoms with Crippen LogP contribution in [0.3, 0.4) is 0 Å². The number of nitrogens with one attached hydrogen (secondary N) is 3. The maximum atomic E-state index is 13.0. The molecule has 3 amide bonds. The van der Waals surface area contributed by atoms with Crippen molar-refractivity contribution in [2.24, 2.45) is 11.7 Å². The summed E-state index contributed by atoms with van der Waals surface area (Å²) in [5.41, 5.74) is 6.80. The summed E-state index contributed by atoms with van der Waals surface area (Å²) in [6.07, 6.45) is 2.80. The SMILES string of the molecule is CSCCC(NC(=O)C(C)NC(=O)C(Cc1ccccc1)NC(=O)C(N)CC(C)C)C(=O)O. The van der Waals surface area contributed by atoms with Gasteiger partial charge in [0.1, 0.15) is 18.1 Å². The van der Waals surface area contributed by atoms with Crippen molar-refractivity contribution in [3.05, 3.63) is 35.9 Å². The summed E-state index contributed by atoms with van der Waals surface area (Å²) in [7, 11) is 0. The Hall–Kier alpha value is -2.59. The molecular formula is C23H36N4O5S. The molecule has 0 saturated heterocycles. The first-order chi connectivity index (χ1) is 15.5. The van der Waals surface area contributed by atoms with Gasteiger partial charge in [0, 0.05) is 6.42 Å². The second-order valence-electron chi connectivity index (χ2n) is 8.40. The van der Waals surface area contributed by atoms with E-state index in [-0.39, 0.29) is 18.8 Å². The van der Waals surface area contributed by atoms with Crippen molar-refractivity contribution in [1.29, 1.82) is 0 Å². The number of benzene rings is 1. The third-order valence-corrected chi connectivity index (χ3v) is 5.60. The molecule has 0 aliphatic rings. The Bertz CT molecular complexity index is 790. The Morgan fingerprint density at radius 2 is 1.55 bits per heavy atom. The molecule has 10 heteroatoms. The van der Waals surface area contributed by atoms with Crippen molar-refractivity contribution in [2.75, 3.05) is 12.0 Å². The molecule has 9 nitrogen and oxygen atoms in total. The number of rotatable bonds is 14. The van der Waals surface area contributed by atoms with Crippen LogP contribution in [-0.2, 0) is 25.6 Å². The van der Waals surface area contributed by atoms with Crippen LogP contribution < -0.4 is 21.7 Å². The number of carboxylic acids is 1. The first-order valence-corrected chi connectivity index (χ1v) is 12.4. The van der Waals surface area contributed by atoms with E-state index in [2.05, 4.69) is 16.0 Å². The van der Waals surface area contributed by atoms with E-state index in [0.29, 0.717) is 12.2 Å². The van der Waals surface area contributed by atoms with Crippen LogP contribution in [0.15, 0.2) is 30.3 Å². The molecule has 0 aliphatic carbocycles. The average molecular weight is 481 g/mol. The van der Waals surface area contributed by atoms with Crippen molar-refractivity contribution in [1.82, 2.24) is 16.0 Å². The van der Waals surface area contributed by atoms with Crippen LogP contribution in [0, 0.1) is 5.92 Å². The van der Waals surface area contributed by atoms with E-state index in [0.717, 1.165) is 5.56 Å². The normalized spacial score (nSPS) is 14.6. The van der Waals surface area contributed by atoms with Gasteiger partial charge in [-0.1, -0.05) is 44.2 Å². The van der Waals surface area contributed by atoms with Crippen LogP contribution >= 0.6 is 11.8 Å². The van der Waals surface area contributed by atoms with Crippen molar-refractivity contribution < 1.29 is 24.3 Å². The maximum absolute atomic E-state index is 13.0. The van der Waals surface area contributed by atoms with Gasteiger partial charge in [-0.05, 0) is 43.3 Å². The van der Waals surface area contributed by atoms with E-state index < -0.39 is 47.9 Å². The lowest BCUT2D eigenvalue weighted by molar-refractivity contribution is -0.142. The molecule has 0 spiro atoms. The van der Waals surface area contributed by atoms with Crippen LogP contribution in [0.5, 0.6) is 0 Å². The number of hydrogen-bond acceptors (Lipinski definition) is 6. The van der Waals surface area contributed by atoms with E-state index >= 15 is 0 Å². The minimum Gasteiger partial charge on any atom is -0.480 e. The summed E-state index contributed by atoms with van der Waals surface area (Å²) in [4.78, 5) is 49.4. The van der Waals surface area contributed by atoms with Gasteiger partial charge in [-0.2, -0.15) is 11.8 Å². The van der Waals surface area contributed by atoms with Gasteiger partial charge in [0.2, 0.25) is 17.7 Å². The number of carbonyl (C=O) groups is 4. The average Bonchev–Trinajstić information content (AvgIpc) is 2.75. The Morgan fingerprint density at radius 3 is 2.09 bits per heavy atom. The molecule has 0 saturated carbocycles. The fraction of sp³-hybridized carbons (Fsp3) is 0.565. The Balaban J connectivity index is 2.87. The predicted molar refractivity (Wildman–Crippen MR) is 130 cm³/mol. The molecule has 0 bridgehead atoms. The maximum Gasteiger partial charge on any atom is 0.326 e. The molecule has 1 aromatic carbocycles.